The fourth-order valence-corrected chi connectivity index (χ4v) is 2.37. The second-order valence-electron chi connectivity index (χ2n) is 4.94. The summed E-state index contributed by atoms with van der Waals surface area (Å²) in [6.07, 6.45) is 3.08. The van der Waals surface area contributed by atoms with E-state index in [-0.39, 0.29) is 5.91 Å². The van der Waals surface area contributed by atoms with Gasteiger partial charge in [-0.05, 0) is 43.2 Å². The highest BCUT2D eigenvalue weighted by Gasteiger charge is 2.20. The summed E-state index contributed by atoms with van der Waals surface area (Å²) in [5.41, 5.74) is 4.02. The van der Waals surface area contributed by atoms with Crippen molar-refractivity contribution in [2.24, 2.45) is 0 Å². The van der Waals surface area contributed by atoms with Crippen LogP contribution in [-0.2, 0) is 11.2 Å². The van der Waals surface area contributed by atoms with Gasteiger partial charge in [0.25, 0.3) is 0 Å². The zero-order valence-electron chi connectivity index (χ0n) is 11.6. The van der Waals surface area contributed by atoms with Crippen molar-refractivity contribution in [2.45, 2.75) is 19.8 Å². The van der Waals surface area contributed by atoms with Crippen molar-refractivity contribution in [1.29, 1.82) is 0 Å². The third-order valence-electron chi connectivity index (χ3n) is 3.47. The number of fused-ring (bicyclic) bond motifs is 1. The molecule has 0 spiro atoms. The van der Waals surface area contributed by atoms with Gasteiger partial charge < -0.3 is 10.2 Å². The van der Waals surface area contributed by atoms with Gasteiger partial charge in [-0.25, -0.2) is 9.97 Å². The van der Waals surface area contributed by atoms with E-state index in [0.717, 1.165) is 23.5 Å². The minimum atomic E-state index is 0.167. The minimum absolute atomic E-state index is 0.167. The summed E-state index contributed by atoms with van der Waals surface area (Å²) >= 11 is 0. The molecule has 5 heteroatoms. The van der Waals surface area contributed by atoms with Crippen LogP contribution in [0.4, 0.5) is 17.3 Å². The number of amides is 1. The molecule has 1 aromatic heterocycles. The first-order valence-corrected chi connectivity index (χ1v) is 6.59. The van der Waals surface area contributed by atoms with Crippen LogP contribution in [-0.4, -0.2) is 22.9 Å². The first-order chi connectivity index (χ1) is 9.63. The third-order valence-corrected chi connectivity index (χ3v) is 3.47. The molecule has 0 bridgehead atoms. The third kappa shape index (κ3) is 2.34. The number of aryl methyl sites for hydroxylation is 2. The number of hydrogen-bond acceptors (Lipinski definition) is 4. The summed E-state index contributed by atoms with van der Waals surface area (Å²) in [5, 5.41) is 3.20. The van der Waals surface area contributed by atoms with E-state index in [1.165, 1.54) is 5.56 Å². The average Bonchev–Trinajstić information content (AvgIpc) is 2.43. The number of nitrogens with zero attached hydrogens (tertiary/aromatic N) is 3. The van der Waals surface area contributed by atoms with Gasteiger partial charge in [-0.1, -0.05) is 0 Å². The molecule has 2 aromatic rings. The molecule has 0 aliphatic carbocycles. The summed E-state index contributed by atoms with van der Waals surface area (Å²) in [6, 6.07) is 7.83. The first kappa shape index (κ1) is 12.6. The number of anilines is 3. The van der Waals surface area contributed by atoms with E-state index in [9.17, 15) is 4.79 Å². The summed E-state index contributed by atoms with van der Waals surface area (Å²) < 4.78 is 0. The second-order valence-corrected chi connectivity index (χ2v) is 4.94. The Kier molecular flexibility index (Phi) is 3.10. The molecule has 1 aromatic carbocycles. The maximum absolute atomic E-state index is 11.7. The normalized spacial score (nSPS) is 14.1. The molecular formula is C15H16N4O. The van der Waals surface area contributed by atoms with Gasteiger partial charge in [0.15, 0.2) is 0 Å². The molecule has 0 radical (unpaired) electrons. The Bertz CT molecular complexity index is 669. The molecule has 0 saturated heterocycles. The maximum Gasteiger partial charge on any atom is 0.227 e. The number of carbonyl (C=O) groups is 1. The molecule has 3 rings (SSSR count). The Morgan fingerprint density at radius 1 is 1.25 bits per heavy atom. The number of nitrogens with one attached hydrogen (secondary N) is 1. The molecule has 102 valence electrons. The molecule has 0 atom stereocenters. The zero-order chi connectivity index (χ0) is 14.1. The van der Waals surface area contributed by atoms with Crippen molar-refractivity contribution < 1.29 is 4.79 Å². The molecule has 0 fully saturated rings. The van der Waals surface area contributed by atoms with Crippen molar-refractivity contribution in [3.05, 3.63) is 41.7 Å². The standard InChI is InChI=1S/C15H16N4O/c1-10-7-8-16-15(17-10)18-12-4-5-13-11(9-12)3-6-14(20)19(13)2/h4-5,7-9H,3,6H2,1-2H3,(H,16,17,18). The van der Waals surface area contributed by atoms with Crippen LogP contribution >= 0.6 is 0 Å². The van der Waals surface area contributed by atoms with E-state index >= 15 is 0 Å². The highest BCUT2D eigenvalue weighted by Crippen LogP contribution is 2.29. The Morgan fingerprint density at radius 2 is 2.10 bits per heavy atom. The average molecular weight is 268 g/mol. The fourth-order valence-electron chi connectivity index (χ4n) is 2.37. The van der Waals surface area contributed by atoms with Crippen LogP contribution in [0.25, 0.3) is 0 Å². The predicted molar refractivity (Wildman–Crippen MR) is 78.2 cm³/mol. The van der Waals surface area contributed by atoms with Crippen LogP contribution in [0, 0.1) is 6.92 Å². The van der Waals surface area contributed by atoms with Gasteiger partial charge in [0.2, 0.25) is 11.9 Å². The van der Waals surface area contributed by atoms with Gasteiger partial charge in [0.05, 0.1) is 0 Å². The van der Waals surface area contributed by atoms with E-state index < -0.39 is 0 Å². The quantitative estimate of drug-likeness (QED) is 0.908. The number of rotatable bonds is 2. The molecule has 20 heavy (non-hydrogen) atoms. The van der Waals surface area contributed by atoms with E-state index in [1.54, 1.807) is 11.1 Å². The van der Waals surface area contributed by atoms with Gasteiger partial charge in [0.1, 0.15) is 0 Å². The lowest BCUT2D eigenvalue weighted by Crippen LogP contribution is -2.31. The molecule has 1 aliphatic heterocycles. The first-order valence-electron chi connectivity index (χ1n) is 6.59. The zero-order valence-corrected chi connectivity index (χ0v) is 11.6. The van der Waals surface area contributed by atoms with E-state index in [0.29, 0.717) is 12.4 Å². The van der Waals surface area contributed by atoms with Crippen molar-refractivity contribution in [3.8, 4) is 0 Å². The summed E-state index contributed by atoms with van der Waals surface area (Å²) in [5.74, 6) is 0.755. The largest absolute Gasteiger partial charge is 0.324 e. The van der Waals surface area contributed by atoms with Crippen molar-refractivity contribution >= 4 is 23.2 Å². The van der Waals surface area contributed by atoms with Gasteiger partial charge in [0, 0.05) is 36.7 Å². The van der Waals surface area contributed by atoms with E-state index in [2.05, 4.69) is 21.4 Å². The lowest BCUT2D eigenvalue weighted by molar-refractivity contribution is -0.118. The second kappa shape index (κ2) is 4.92. The van der Waals surface area contributed by atoms with Crippen LogP contribution in [0.2, 0.25) is 0 Å². The maximum atomic E-state index is 11.7. The Morgan fingerprint density at radius 3 is 2.90 bits per heavy atom. The Labute approximate surface area is 117 Å². The molecule has 1 N–H and O–H groups in total. The Hall–Kier alpha value is -2.43. The van der Waals surface area contributed by atoms with Crippen LogP contribution < -0.4 is 10.2 Å². The summed E-state index contributed by atoms with van der Waals surface area (Å²) in [6.45, 7) is 1.93. The number of benzene rings is 1. The van der Waals surface area contributed by atoms with Crippen LogP contribution in [0.1, 0.15) is 17.7 Å². The monoisotopic (exact) mass is 268 g/mol. The smallest absolute Gasteiger partial charge is 0.227 e. The van der Waals surface area contributed by atoms with Gasteiger partial charge in [-0.2, -0.15) is 0 Å². The van der Waals surface area contributed by atoms with Gasteiger partial charge in [-0.3, -0.25) is 4.79 Å². The van der Waals surface area contributed by atoms with Crippen LogP contribution in [0.5, 0.6) is 0 Å². The number of hydrogen-bond donors (Lipinski definition) is 1. The topological polar surface area (TPSA) is 58.1 Å². The highest BCUT2D eigenvalue weighted by molar-refractivity contribution is 5.96. The van der Waals surface area contributed by atoms with Gasteiger partial charge >= 0.3 is 0 Å². The van der Waals surface area contributed by atoms with Crippen LogP contribution in [0.15, 0.2) is 30.5 Å². The molecule has 1 aliphatic rings. The summed E-state index contributed by atoms with van der Waals surface area (Å²) in [4.78, 5) is 21.9. The highest BCUT2D eigenvalue weighted by atomic mass is 16.2. The Balaban J connectivity index is 1.88. The SMILES string of the molecule is Cc1ccnc(Nc2ccc3c(c2)CCC(=O)N3C)n1. The number of aromatic nitrogens is 2. The minimum Gasteiger partial charge on any atom is -0.324 e. The molecular weight excluding hydrogens is 252 g/mol. The lowest BCUT2D eigenvalue weighted by atomic mass is 10.0. The molecule has 2 heterocycles. The van der Waals surface area contributed by atoms with Gasteiger partial charge in [-0.15, -0.1) is 0 Å². The van der Waals surface area contributed by atoms with Crippen molar-refractivity contribution in [1.82, 2.24) is 9.97 Å². The lowest BCUT2D eigenvalue weighted by Gasteiger charge is -2.26. The van der Waals surface area contributed by atoms with Crippen molar-refractivity contribution in [3.63, 3.8) is 0 Å². The number of carbonyl (C=O) groups excluding carboxylic acids is 1. The van der Waals surface area contributed by atoms with Crippen LogP contribution in [0.3, 0.4) is 0 Å². The molecule has 0 unspecified atom stereocenters. The van der Waals surface area contributed by atoms with E-state index in [4.69, 9.17) is 0 Å². The fraction of sp³-hybridized carbons (Fsp3) is 0.267. The molecule has 1 amide bonds. The molecule has 5 nitrogen and oxygen atoms in total. The summed E-state index contributed by atoms with van der Waals surface area (Å²) in [7, 11) is 1.82. The van der Waals surface area contributed by atoms with E-state index in [1.807, 2.05) is 32.2 Å². The van der Waals surface area contributed by atoms with Crippen molar-refractivity contribution in [2.75, 3.05) is 17.3 Å². The predicted octanol–water partition coefficient (Wildman–Crippen LogP) is 2.44. The molecule has 0 saturated carbocycles.